The fraction of sp³-hybridized carbons (Fsp3) is 0.208. The SMILES string of the molecule is COc1ccc(OC)c(NC(=O)CN(Cc2ccc(Cl)c(Cl)c2)S(=O)(=O)c2ccc(C)cc2)c1. The number of hydrogen-bond acceptors (Lipinski definition) is 5. The van der Waals surface area contributed by atoms with E-state index in [4.69, 9.17) is 32.7 Å². The maximum Gasteiger partial charge on any atom is 0.243 e. The minimum atomic E-state index is -4.01. The third-order valence-electron chi connectivity index (χ3n) is 5.00. The Kier molecular flexibility index (Phi) is 8.43. The van der Waals surface area contributed by atoms with Gasteiger partial charge >= 0.3 is 0 Å². The van der Waals surface area contributed by atoms with Crippen molar-refractivity contribution in [3.8, 4) is 11.5 Å². The van der Waals surface area contributed by atoms with E-state index in [0.717, 1.165) is 9.87 Å². The third kappa shape index (κ3) is 6.21. The molecule has 3 aromatic rings. The predicted molar refractivity (Wildman–Crippen MR) is 133 cm³/mol. The van der Waals surface area contributed by atoms with Gasteiger partial charge in [-0.15, -0.1) is 0 Å². The van der Waals surface area contributed by atoms with Gasteiger partial charge in [0.15, 0.2) is 0 Å². The summed E-state index contributed by atoms with van der Waals surface area (Å²) < 4.78 is 38.5. The van der Waals surface area contributed by atoms with Gasteiger partial charge in [0, 0.05) is 12.6 Å². The molecular formula is C24H24Cl2N2O5S. The van der Waals surface area contributed by atoms with Gasteiger partial charge in [-0.1, -0.05) is 47.0 Å². The summed E-state index contributed by atoms with van der Waals surface area (Å²) in [6.07, 6.45) is 0. The number of benzene rings is 3. The van der Waals surface area contributed by atoms with E-state index in [-0.39, 0.29) is 16.5 Å². The number of ether oxygens (including phenoxy) is 2. The Labute approximate surface area is 209 Å². The second-order valence-corrected chi connectivity index (χ2v) is 10.2. The largest absolute Gasteiger partial charge is 0.497 e. The number of aryl methyl sites for hydroxylation is 1. The number of anilines is 1. The van der Waals surface area contributed by atoms with Crippen LogP contribution in [0, 0.1) is 6.92 Å². The zero-order valence-corrected chi connectivity index (χ0v) is 21.2. The Balaban J connectivity index is 1.92. The number of carbonyl (C=O) groups excluding carboxylic acids is 1. The minimum Gasteiger partial charge on any atom is -0.497 e. The highest BCUT2D eigenvalue weighted by atomic mass is 35.5. The molecule has 0 spiro atoms. The molecule has 180 valence electrons. The summed E-state index contributed by atoms with van der Waals surface area (Å²) in [5, 5.41) is 3.35. The molecule has 0 heterocycles. The van der Waals surface area contributed by atoms with Crippen molar-refractivity contribution in [2.45, 2.75) is 18.4 Å². The van der Waals surface area contributed by atoms with Gasteiger partial charge in [-0.2, -0.15) is 4.31 Å². The highest BCUT2D eigenvalue weighted by Gasteiger charge is 2.27. The number of nitrogens with one attached hydrogen (secondary N) is 1. The van der Waals surface area contributed by atoms with Crippen molar-refractivity contribution in [1.82, 2.24) is 4.31 Å². The molecule has 0 atom stereocenters. The van der Waals surface area contributed by atoms with Gasteiger partial charge in [0.1, 0.15) is 11.5 Å². The van der Waals surface area contributed by atoms with E-state index in [2.05, 4.69) is 5.32 Å². The molecule has 0 aliphatic carbocycles. The molecule has 0 fully saturated rings. The van der Waals surface area contributed by atoms with Crippen molar-refractivity contribution in [3.05, 3.63) is 81.8 Å². The van der Waals surface area contributed by atoms with Crippen LogP contribution in [0.3, 0.4) is 0 Å². The Morgan fingerprint density at radius 2 is 1.65 bits per heavy atom. The Morgan fingerprint density at radius 3 is 2.26 bits per heavy atom. The summed E-state index contributed by atoms with van der Waals surface area (Å²) in [6, 6.07) is 16.2. The standard InChI is InChI=1S/C24H24Cl2N2O5S/c1-16-4-8-19(9-5-16)34(30,31)28(14-17-6-10-20(25)21(26)12-17)15-24(29)27-22-13-18(32-2)7-11-23(22)33-3/h4-13H,14-15H2,1-3H3,(H,27,29). The molecule has 10 heteroatoms. The van der Waals surface area contributed by atoms with Crippen LogP contribution < -0.4 is 14.8 Å². The van der Waals surface area contributed by atoms with Gasteiger partial charge in [0.05, 0.1) is 41.4 Å². The van der Waals surface area contributed by atoms with Crippen LogP contribution in [0.4, 0.5) is 5.69 Å². The molecule has 3 aromatic carbocycles. The Morgan fingerprint density at radius 1 is 0.941 bits per heavy atom. The molecule has 0 radical (unpaired) electrons. The van der Waals surface area contributed by atoms with Crippen LogP contribution >= 0.6 is 23.2 Å². The monoisotopic (exact) mass is 522 g/mol. The molecule has 34 heavy (non-hydrogen) atoms. The first kappa shape index (κ1) is 25.8. The summed E-state index contributed by atoms with van der Waals surface area (Å²) in [5.74, 6) is 0.366. The highest BCUT2D eigenvalue weighted by Crippen LogP contribution is 2.29. The van der Waals surface area contributed by atoms with Gasteiger partial charge in [-0.3, -0.25) is 4.79 Å². The molecule has 0 unspecified atom stereocenters. The number of amides is 1. The van der Waals surface area contributed by atoms with Crippen LogP contribution in [0.15, 0.2) is 65.6 Å². The molecule has 0 aliphatic heterocycles. The number of hydrogen-bond donors (Lipinski definition) is 1. The normalized spacial score (nSPS) is 11.4. The van der Waals surface area contributed by atoms with Crippen molar-refractivity contribution in [1.29, 1.82) is 0 Å². The van der Waals surface area contributed by atoms with E-state index in [1.54, 1.807) is 48.5 Å². The van der Waals surface area contributed by atoms with Crippen molar-refractivity contribution in [2.24, 2.45) is 0 Å². The minimum absolute atomic E-state index is 0.0740. The van der Waals surface area contributed by atoms with Crippen LogP contribution in [0.25, 0.3) is 0 Å². The van der Waals surface area contributed by atoms with E-state index < -0.39 is 22.5 Å². The molecule has 0 saturated carbocycles. The van der Waals surface area contributed by atoms with Crippen LogP contribution in [-0.4, -0.2) is 39.4 Å². The zero-order chi connectivity index (χ0) is 24.9. The average molecular weight is 523 g/mol. The van der Waals surface area contributed by atoms with Gasteiger partial charge in [0.2, 0.25) is 15.9 Å². The van der Waals surface area contributed by atoms with E-state index in [9.17, 15) is 13.2 Å². The van der Waals surface area contributed by atoms with Crippen LogP contribution in [0.2, 0.25) is 10.0 Å². The first-order valence-electron chi connectivity index (χ1n) is 10.2. The summed E-state index contributed by atoms with van der Waals surface area (Å²) in [5.41, 5.74) is 1.85. The number of sulfonamides is 1. The first-order valence-corrected chi connectivity index (χ1v) is 12.4. The van der Waals surface area contributed by atoms with Crippen molar-refractivity contribution in [3.63, 3.8) is 0 Å². The molecule has 0 bridgehead atoms. The molecule has 3 rings (SSSR count). The van der Waals surface area contributed by atoms with E-state index >= 15 is 0 Å². The summed E-state index contributed by atoms with van der Waals surface area (Å²) in [4.78, 5) is 13.0. The number of carbonyl (C=O) groups is 1. The molecule has 0 aromatic heterocycles. The smallest absolute Gasteiger partial charge is 0.243 e. The molecule has 1 amide bonds. The Hall–Kier alpha value is -2.78. The number of nitrogens with zero attached hydrogens (tertiary/aromatic N) is 1. The summed E-state index contributed by atoms with van der Waals surface area (Å²) >= 11 is 12.1. The highest BCUT2D eigenvalue weighted by molar-refractivity contribution is 7.89. The van der Waals surface area contributed by atoms with Gasteiger partial charge < -0.3 is 14.8 Å². The van der Waals surface area contributed by atoms with E-state index in [1.165, 1.54) is 26.4 Å². The fourth-order valence-corrected chi connectivity index (χ4v) is 4.89. The summed E-state index contributed by atoms with van der Waals surface area (Å²) in [6.45, 7) is 1.32. The maximum absolute atomic E-state index is 13.5. The number of methoxy groups -OCH3 is 2. The number of rotatable bonds is 9. The van der Waals surface area contributed by atoms with Gasteiger partial charge in [-0.25, -0.2) is 8.42 Å². The predicted octanol–water partition coefficient (Wildman–Crippen LogP) is 5.15. The van der Waals surface area contributed by atoms with Crippen molar-refractivity contribution in [2.75, 3.05) is 26.1 Å². The quantitative estimate of drug-likeness (QED) is 0.420. The topological polar surface area (TPSA) is 84.9 Å². The summed E-state index contributed by atoms with van der Waals surface area (Å²) in [7, 11) is -1.05. The lowest BCUT2D eigenvalue weighted by molar-refractivity contribution is -0.116. The zero-order valence-electron chi connectivity index (χ0n) is 18.8. The van der Waals surface area contributed by atoms with Gasteiger partial charge in [-0.05, 0) is 48.9 Å². The second-order valence-electron chi connectivity index (χ2n) is 7.45. The van der Waals surface area contributed by atoms with Crippen molar-refractivity contribution < 1.29 is 22.7 Å². The Bertz CT molecular complexity index is 1280. The maximum atomic E-state index is 13.5. The van der Waals surface area contributed by atoms with Crippen LogP contribution in [0.1, 0.15) is 11.1 Å². The lowest BCUT2D eigenvalue weighted by atomic mass is 10.2. The fourth-order valence-electron chi connectivity index (χ4n) is 3.19. The van der Waals surface area contributed by atoms with Crippen molar-refractivity contribution >= 4 is 44.8 Å². The van der Waals surface area contributed by atoms with Gasteiger partial charge in [0.25, 0.3) is 0 Å². The molecule has 0 saturated heterocycles. The third-order valence-corrected chi connectivity index (χ3v) is 7.55. The number of halogens is 2. The lowest BCUT2D eigenvalue weighted by Gasteiger charge is -2.22. The lowest BCUT2D eigenvalue weighted by Crippen LogP contribution is -2.37. The molecule has 1 N–H and O–H groups in total. The van der Waals surface area contributed by atoms with E-state index in [1.807, 2.05) is 6.92 Å². The first-order chi connectivity index (χ1) is 16.1. The average Bonchev–Trinajstić information content (AvgIpc) is 2.81. The molecule has 0 aliphatic rings. The van der Waals surface area contributed by atoms with Crippen LogP contribution in [-0.2, 0) is 21.4 Å². The second kappa shape index (κ2) is 11.1. The molecule has 7 nitrogen and oxygen atoms in total. The molecular weight excluding hydrogens is 499 g/mol. The van der Waals surface area contributed by atoms with E-state index in [0.29, 0.717) is 27.8 Å². The van der Waals surface area contributed by atoms with Crippen LogP contribution in [0.5, 0.6) is 11.5 Å².